The SMILES string of the molecule is NC(=O)C1CCCN1Cc1ccc(Br)s1. The van der Waals surface area contributed by atoms with Crippen molar-refractivity contribution in [1.29, 1.82) is 0 Å². The molecule has 0 bridgehead atoms. The highest BCUT2D eigenvalue weighted by Crippen LogP contribution is 2.26. The zero-order valence-corrected chi connectivity index (χ0v) is 10.7. The molecule has 15 heavy (non-hydrogen) atoms. The Labute approximate surface area is 101 Å². The van der Waals surface area contributed by atoms with Crippen LogP contribution in [-0.2, 0) is 11.3 Å². The summed E-state index contributed by atoms with van der Waals surface area (Å²) in [5.74, 6) is -0.192. The smallest absolute Gasteiger partial charge is 0.234 e. The number of nitrogens with zero attached hydrogens (tertiary/aromatic N) is 1. The monoisotopic (exact) mass is 288 g/mol. The molecule has 82 valence electrons. The van der Waals surface area contributed by atoms with Crippen molar-refractivity contribution in [2.75, 3.05) is 6.54 Å². The van der Waals surface area contributed by atoms with Crippen LogP contribution >= 0.6 is 27.3 Å². The van der Waals surface area contributed by atoms with Crippen LogP contribution in [0.25, 0.3) is 0 Å². The molecule has 0 aromatic carbocycles. The molecule has 5 heteroatoms. The van der Waals surface area contributed by atoms with Crippen LogP contribution in [0.4, 0.5) is 0 Å². The van der Waals surface area contributed by atoms with E-state index in [1.165, 1.54) is 4.88 Å². The van der Waals surface area contributed by atoms with Crippen LogP contribution in [-0.4, -0.2) is 23.4 Å². The molecule has 0 radical (unpaired) electrons. The number of carbonyl (C=O) groups excluding carboxylic acids is 1. The van der Waals surface area contributed by atoms with Crippen LogP contribution in [0.1, 0.15) is 17.7 Å². The second-order valence-corrected chi connectivity index (χ2v) is 6.28. The number of nitrogens with two attached hydrogens (primary N) is 1. The Balaban J connectivity index is 2.02. The van der Waals surface area contributed by atoms with Gasteiger partial charge in [0.2, 0.25) is 5.91 Å². The molecule has 1 amide bonds. The Morgan fingerprint density at radius 2 is 2.47 bits per heavy atom. The third-order valence-corrected chi connectivity index (χ3v) is 4.29. The molecule has 2 N–H and O–H groups in total. The largest absolute Gasteiger partial charge is 0.368 e. The van der Waals surface area contributed by atoms with Crippen molar-refractivity contribution < 1.29 is 4.79 Å². The minimum absolute atomic E-state index is 0.0640. The quantitative estimate of drug-likeness (QED) is 0.924. The Bertz CT molecular complexity index is 366. The summed E-state index contributed by atoms with van der Waals surface area (Å²) >= 11 is 5.15. The lowest BCUT2D eigenvalue weighted by molar-refractivity contribution is -0.122. The number of hydrogen-bond acceptors (Lipinski definition) is 3. The van der Waals surface area contributed by atoms with Crippen molar-refractivity contribution in [2.45, 2.75) is 25.4 Å². The molecular weight excluding hydrogens is 276 g/mol. The fourth-order valence-corrected chi connectivity index (χ4v) is 3.48. The minimum atomic E-state index is -0.192. The van der Waals surface area contributed by atoms with Crippen molar-refractivity contribution in [3.63, 3.8) is 0 Å². The van der Waals surface area contributed by atoms with Gasteiger partial charge in [-0.3, -0.25) is 9.69 Å². The van der Waals surface area contributed by atoms with Gasteiger partial charge in [-0.05, 0) is 47.4 Å². The number of hydrogen-bond donors (Lipinski definition) is 1. The molecule has 1 fully saturated rings. The maximum Gasteiger partial charge on any atom is 0.234 e. The van der Waals surface area contributed by atoms with Crippen molar-refractivity contribution >= 4 is 33.2 Å². The molecule has 1 atom stereocenters. The molecular formula is C10H13BrN2OS. The van der Waals surface area contributed by atoms with Gasteiger partial charge in [0, 0.05) is 11.4 Å². The summed E-state index contributed by atoms with van der Waals surface area (Å²) < 4.78 is 1.13. The number of thiophene rings is 1. The summed E-state index contributed by atoms with van der Waals surface area (Å²) in [6, 6.07) is 4.06. The molecule has 1 aliphatic rings. The highest BCUT2D eigenvalue weighted by Gasteiger charge is 2.28. The highest BCUT2D eigenvalue weighted by molar-refractivity contribution is 9.11. The second-order valence-electron chi connectivity index (χ2n) is 3.74. The molecule has 1 aromatic rings. The van der Waals surface area contributed by atoms with Crippen LogP contribution in [0.2, 0.25) is 0 Å². The lowest BCUT2D eigenvalue weighted by atomic mass is 10.2. The molecule has 0 spiro atoms. The maximum absolute atomic E-state index is 11.2. The van der Waals surface area contributed by atoms with E-state index in [2.05, 4.69) is 26.9 Å². The van der Waals surface area contributed by atoms with Gasteiger partial charge in [0.1, 0.15) is 0 Å². The van der Waals surface area contributed by atoms with Crippen LogP contribution in [0.3, 0.4) is 0 Å². The first-order chi connectivity index (χ1) is 7.16. The summed E-state index contributed by atoms with van der Waals surface area (Å²) in [4.78, 5) is 14.6. The normalized spacial score (nSPS) is 22.1. The minimum Gasteiger partial charge on any atom is -0.368 e. The molecule has 1 aliphatic heterocycles. The number of halogens is 1. The Morgan fingerprint density at radius 1 is 1.67 bits per heavy atom. The molecule has 1 unspecified atom stereocenters. The fraction of sp³-hybridized carbons (Fsp3) is 0.500. The number of primary amides is 1. The van der Waals surface area contributed by atoms with Crippen LogP contribution in [0.5, 0.6) is 0 Å². The van der Waals surface area contributed by atoms with E-state index in [4.69, 9.17) is 5.73 Å². The van der Waals surface area contributed by atoms with Crippen molar-refractivity contribution in [3.05, 3.63) is 20.8 Å². The van der Waals surface area contributed by atoms with Crippen LogP contribution < -0.4 is 5.73 Å². The summed E-state index contributed by atoms with van der Waals surface area (Å²) in [7, 11) is 0. The Morgan fingerprint density at radius 3 is 3.07 bits per heavy atom. The van der Waals surface area contributed by atoms with Gasteiger partial charge in [-0.2, -0.15) is 0 Å². The van der Waals surface area contributed by atoms with Gasteiger partial charge in [-0.25, -0.2) is 0 Å². The fourth-order valence-electron chi connectivity index (χ4n) is 1.97. The summed E-state index contributed by atoms with van der Waals surface area (Å²) in [5, 5.41) is 0. The van der Waals surface area contributed by atoms with Gasteiger partial charge in [-0.1, -0.05) is 0 Å². The molecule has 1 aromatic heterocycles. The van der Waals surface area contributed by atoms with E-state index in [1.54, 1.807) is 11.3 Å². The van der Waals surface area contributed by atoms with Crippen LogP contribution in [0, 0.1) is 0 Å². The molecule has 3 nitrogen and oxygen atoms in total. The average molecular weight is 289 g/mol. The molecule has 2 heterocycles. The van der Waals surface area contributed by atoms with E-state index < -0.39 is 0 Å². The molecule has 2 rings (SSSR count). The van der Waals surface area contributed by atoms with E-state index in [-0.39, 0.29) is 11.9 Å². The standard InChI is InChI=1S/C10H13BrN2OS/c11-9-4-3-7(15-9)6-13-5-1-2-8(13)10(12)14/h3-4,8H,1-2,5-6H2,(H2,12,14). The first-order valence-corrected chi connectivity index (χ1v) is 6.55. The molecule has 0 saturated carbocycles. The first kappa shape index (κ1) is 11.1. The molecule has 1 saturated heterocycles. The third-order valence-electron chi connectivity index (χ3n) is 2.68. The zero-order chi connectivity index (χ0) is 10.8. The summed E-state index contributed by atoms with van der Waals surface area (Å²) in [5.41, 5.74) is 5.36. The predicted octanol–water partition coefficient (Wildman–Crippen LogP) is 1.96. The Kier molecular flexibility index (Phi) is 3.43. The number of carbonyl (C=O) groups is 1. The summed E-state index contributed by atoms with van der Waals surface area (Å²) in [6.45, 7) is 1.81. The number of amides is 1. The first-order valence-electron chi connectivity index (χ1n) is 4.94. The number of likely N-dealkylation sites (tertiary alicyclic amines) is 1. The van der Waals surface area contributed by atoms with Crippen LogP contribution in [0.15, 0.2) is 15.9 Å². The van der Waals surface area contributed by atoms with E-state index in [0.717, 1.165) is 29.7 Å². The van der Waals surface area contributed by atoms with Gasteiger partial charge < -0.3 is 5.73 Å². The van der Waals surface area contributed by atoms with Crippen molar-refractivity contribution in [3.8, 4) is 0 Å². The van der Waals surface area contributed by atoms with Gasteiger partial charge in [0.05, 0.1) is 9.83 Å². The molecule has 0 aliphatic carbocycles. The maximum atomic E-state index is 11.2. The highest BCUT2D eigenvalue weighted by atomic mass is 79.9. The van der Waals surface area contributed by atoms with E-state index in [9.17, 15) is 4.79 Å². The second kappa shape index (κ2) is 4.63. The van der Waals surface area contributed by atoms with Gasteiger partial charge >= 0.3 is 0 Å². The third kappa shape index (κ3) is 2.59. The average Bonchev–Trinajstić information content (AvgIpc) is 2.75. The zero-order valence-electron chi connectivity index (χ0n) is 8.28. The van der Waals surface area contributed by atoms with Gasteiger partial charge in [0.25, 0.3) is 0 Å². The van der Waals surface area contributed by atoms with Gasteiger partial charge in [0.15, 0.2) is 0 Å². The van der Waals surface area contributed by atoms with E-state index >= 15 is 0 Å². The van der Waals surface area contributed by atoms with Crippen molar-refractivity contribution in [2.24, 2.45) is 5.73 Å². The van der Waals surface area contributed by atoms with E-state index in [0.29, 0.717) is 0 Å². The lowest BCUT2D eigenvalue weighted by Gasteiger charge is -2.20. The predicted molar refractivity (Wildman–Crippen MR) is 64.6 cm³/mol. The van der Waals surface area contributed by atoms with Crippen molar-refractivity contribution in [1.82, 2.24) is 4.90 Å². The lowest BCUT2D eigenvalue weighted by Crippen LogP contribution is -2.39. The summed E-state index contributed by atoms with van der Waals surface area (Å²) in [6.07, 6.45) is 1.97. The number of rotatable bonds is 3. The van der Waals surface area contributed by atoms with E-state index in [1.807, 2.05) is 6.07 Å². The Hall–Kier alpha value is -0.390. The topological polar surface area (TPSA) is 46.3 Å². The van der Waals surface area contributed by atoms with Gasteiger partial charge in [-0.15, -0.1) is 11.3 Å².